The maximum Gasteiger partial charge on any atom is 0.241 e. The van der Waals surface area contributed by atoms with E-state index >= 15 is 0 Å². The van der Waals surface area contributed by atoms with Crippen LogP contribution >= 0.6 is 0 Å². The molecule has 0 bridgehead atoms. The Morgan fingerprint density at radius 2 is 1.83 bits per heavy atom. The molecule has 29 heavy (non-hydrogen) atoms. The Labute approximate surface area is 172 Å². The van der Waals surface area contributed by atoms with Crippen LogP contribution in [0.3, 0.4) is 0 Å². The number of carbonyl (C=O) groups excluding carboxylic acids is 1. The Hall–Kier alpha value is -2.74. The van der Waals surface area contributed by atoms with Crippen LogP contribution < -0.4 is 19.1 Å². The molecular weight excluding hydrogens is 392 g/mol. The third-order valence-corrected chi connectivity index (χ3v) is 5.41. The second-order valence-electron chi connectivity index (χ2n) is 6.99. The van der Waals surface area contributed by atoms with Crippen LogP contribution in [0.5, 0.6) is 11.5 Å². The van der Waals surface area contributed by atoms with Gasteiger partial charge in [-0.3, -0.25) is 9.10 Å². The monoisotopic (exact) mass is 420 g/mol. The number of nitrogens with zero attached hydrogens (tertiary/aromatic N) is 1. The molecule has 0 aromatic heterocycles. The predicted octanol–water partition coefficient (Wildman–Crippen LogP) is 2.66. The molecule has 8 heteroatoms. The fourth-order valence-corrected chi connectivity index (χ4v) is 3.65. The highest BCUT2D eigenvalue weighted by Gasteiger charge is 2.24. The zero-order chi connectivity index (χ0) is 21.6. The Morgan fingerprint density at radius 1 is 1.14 bits per heavy atom. The van der Waals surface area contributed by atoms with Crippen molar-refractivity contribution in [3.05, 3.63) is 53.6 Å². The molecule has 0 saturated heterocycles. The summed E-state index contributed by atoms with van der Waals surface area (Å²) in [5, 5.41) is 2.78. The number of methoxy groups -OCH3 is 1. The van der Waals surface area contributed by atoms with Gasteiger partial charge in [0.2, 0.25) is 15.9 Å². The highest BCUT2D eigenvalue weighted by atomic mass is 32.2. The molecule has 0 aliphatic carbocycles. The number of sulfonamides is 1. The lowest BCUT2D eigenvalue weighted by molar-refractivity contribution is -0.120. The van der Waals surface area contributed by atoms with Gasteiger partial charge in [0.15, 0.2) is 0 Å². The van der Waals surface area contributed by atoms with E-state index in [1.807, 2.05) is 44.2 Å². The number of nitrogens with one attached hydrogen (secondary N) is 1. The molecule has 0 fully saturated rings. The lowest BCUT2D eigenvalue weighted by Crippen LogP contribution is -2.45. The summed E-state index contributed by atoms with van der Waals surface area (Å²) in [4.78, 5) is 12.5. The molecule has 1 atom stereocenters. The lowest BCUT2D eigenvalue weighted by atomic mass is 10.2. The van der Waals surface area contributed by atoms with Gasteiger partial charge in [-0.2, -0.15) is 0 Å². The van der Waals surface area contributed by atoms with Crippen molar-refractivity contribution in [1.29, 1.82) is 0 Å². The fraction of sp³-hybridized carbons (Fsp3) is 0.381. The average Bonchev–Trinajstić information content (AvgIpc) is 2.64. The maximum atomic E-state index is 12.5. The molecule has 0 aliphatic heterocycles. The van der Waals surface area contributed by atoms with E-state index in [1.54, 1.807) is 19.1 Å². The highest BCUT2D eigenvalue weighted by Crippen LogP contribution is 2.30. The minimum absolute atomic E-state index is 0.267. The first-order chi connectivity index (χ1) is 13.6. The number of benzene rings is 2. The number of hydrogen-bond donors (Lipinski definition) is 1. The van der Waals surface area contributed by atoms with Crippen LogP contribution in [0, 0.1) is 13.8 Å². The van der Waals surface area contributed by atoms with E-state index in [0.29, 0.717) is 11.4 Å². The molecule has 0 radical (unpaired) electrons. The second-order valence-corrected chi connectivity index (χ2v) is 8.90. The molecule has 2 aromatic rings. The van der Waals surface area contributed by atoms with Gasteiger partial charge in [0.1, 0.15) is 24.7 Å². The molecule has 7 nitrogen and oxygen atoms in total. The van der Waals surface area contributed by atoms with Gasteiger partial charge in [-0.05, 0) is 50.1 Å². The summed E-state index contributed by atoms with van der Waals surface area (Å²) in [6.45, 7) is 5.50. The minimum Gasteiger partial charge on any atom is -0.495 e. The van der Waals surface area contributed by atoms with E-state index in [0.717, 1.165) is 27.4 Å². The normalized spacial score (nSPS) is 12.2. The second kappa shape index (κ2) is 9.65. The van der Waals surface area contributed by atoms with E-state index in [2.05, 4.69) is 5.32 Å². The zero-order valence-electron chi connectivity index (χ0n) is 17.4. The summed E-state index contributed by atoms with van der Waals surface area (Å²) in [5.74, 6) is 0.695. The van der Waals surface area contributed by atoms with Crippen LogP contribution in [-0.2, 0) is 14.8 Å². The number of anilines is 1. The molecule has 0 saturated carbocycles. The third kappa shape index (κ3) is 6.39. The number of rotatable bonds is 9. The third-order valence-electron chi connectivity index (χ3n) is 4.28. The van der Waals surface area contributed by atoms with Gasteiger partial charge in [0.05, 0.1) is 25.1 Å². The first-order valence-corrected chi connectivity index (χ1v) is 11.1. The van der Waals surface area contributed by atoms with Gasteiger partial charge in [-0.1, -0.05) is 24.3 Å². The van der Waals surface area contributed by atoms with Gasteiger partial charge < -0.3 is 14.8 Å². The van der Waals surface area contributed by atoms with Crippen LogP contribution in [-0.4, -0.2) is 46.9 Å². The van der Waals surface area contributed by atoms with Crippen molar-refractivity contribution in [2.45, 2.75) is 26.8 Å². The Balaban J connectivity index is 2.07. The van der Waals surface area contributed by atoms with E-state index in [9.17, 15) is 13.2 Å². The van der Waals surface area contributed by atoms with Crippen molar-refractivity contribution in [2.24, 2.45) is 0 Å². The van der Waals surface area contributed by atoms with E-state index in [1.165, 1.54) is 7.11 Å². The topological polar surface area (TPSA) is 84.9 Å². The van der Waals surface area contributed by atoms with Crippen LogP contribution in [0.2, 0.25) is 0 Å². The Kier molecular flexibility index (Phi) is 7.50. The SMILES string of the molecule is COc1ccc(C)cc1N(CC(=O)NC(C)COc1ccccc1C)S(C)(=O)=O. The summed E-state index contributed by atoms with van der Waals surface area (Å²) in [7, 11) is -2.24. The average molecular weight is 421 g/mol. The first kappa shape index (κ1) is 22.5. The van der Waals surface area contributed by atoms with Crippen molar-refractivity contribution in [1.82, 2.24) is 5.32 Å². The van der Waals surface area contributed by atoms with Crippen molar-refractivity contribution in [2.75, 3.05) is 30.8 Å². The van der Waals surface area contributed by atoms with E-state index in [-0.39, 0.29) is 19.2 Å². The molecule has 2 aromatic carbocycles. The van der Waals surface area contributed by atoms with Crippen LogP contribution in [0.25, 0.3) is 0 Å². The van der Waals surface area contributed by atoms with Crippen molar-refractivity contribution >= 4 is 21.6 Å². The molecule has 0 spiro atoms. The fourth-order valence-electron chi connectivity index (χ4n) is 2.80. The van der Waals surface area contributed by atoms with Crippen LogP contribution in [0.1, 0.15) is 18.1 Å². The molecule has 0 aliphatic rings. The van der Waals surface area contributed by atoms with Gasteiger partial charge in [0.25, 0.3) is 0 Å². The first-order valence-electron chi connectivity index (χ1n) is 9.22. The van der Waals surface area contributed by atoms with Crippen LogP contribution in [0.15, 0.2) is 42.5 Å². The van der Waals surface area contributed by atoms with E-state index < -0.39 is 15.9 Å². The minimum atomic E-state index is -3.70. The largest absolute Gasteiger partial charge is 0.495 e. The lowest BCUT2D eigenvalue weighted by Gasteiger charge is -2.25. The molecule has 1 N–H and O–H groups in total. The Morgan fingerprint density at radius 3 is 2.45 bits per heavy atom. The van der Waals surface area contributed by atoms with Gasteiger partial charge in [-0.15, -0.1) is 0 Å². The molecule has 0 heterocycles. The Bertz CT molecular complexity index is 959. The smallest absolute Gasteiger partial charge is 0.241 e. The van der Waals surface area contributed by atoms with Crippen LogP contribution in [0.4, 0.5) is 5.69 Å². The maximum absolute atomic E-state index is 12.5. The van der Waals surface area contributed by atoms with Gasteiger partial charge in [-0.25, -0.2) is 8.42 Å². The standard InChI is InChI=1S/C21H28N2O5S/c1-15-10-11-20(27-4)18(12-15)23(29(5,25)26)13-21(24)22-17(3)14-28-19-9-7-6-8-16(19)2/h6-12,17H,13-14H2,1-5H3,(H,22,24). The molecular formula is C21H28N2O5S. The number of carbonyl (C=O) groups is 1. The number of amides is 1. The number of ether oxygens (including phenoxy) is 2. The quantitative estimate of drug-likeness (QED) is 0.674. The van der Waals surface area contributed by atoms with E-state index in [4.69, 9.17) is 9.47 Å². The highest BCUT2D eigenvalue weighted by molar-refractivity contribution is 7.92. The number of aryl methyl sites for hydroxylation is 2. The summed E-state index contributed by atoms with van der Waals surface area (Å²) < 4.78 is 36.8. The van der Waals surface area contributed by atoms with Crippen molar-refractivity contribution in [3.8, 4) is 11.5 Å². The predicted molar refractivity (Wildman–Crippen MR) is 114 cm³/mol. The van der Waals surface area contributed by atoms with Gasteiger partial charge in [0, 0.05) is 0 Å². The zero-order valence-corrected chi connectivity index (χ0v) is 18.2. The molecule has 1 unspecified atom stereocenters. The van der Waals surface area contributed by atoms with Crippen molar-refractivity contribution in [3.63, 3.8) is 0 Å². The summed E-state index contributed by atoms with van der Waals surface area (Å²) in [6, 6.07) is 12.5. The summed E-state index contributed by atoms with van der Waals surface area (Å²) in [6.07, 6.45) is 1.06. The van der Waals surface area contributed by atoms with Gasteiger partial charge >= 0.3 is 0 Å². The molecule has 158 valence electrons. The molecule has 1 amide bonds. The number of para-hydroxylation sites is 1. The van der Waals surface area contributed by atoms with Crippen molar-refractivity contribution < 1.29 is 22.7 Å². The molecule has 2 rings (SSSR count). The number of hydrogen-bond acceptors (Lipinski definition) is 5. The summed E-state index contributed by atoms with van der Waals surface area (Å²) >= 11 is 0. The summed E-state index contributed by atoms with van der Waals surface area (Å²) in [5.41, 5.74) is 2.18.